The highest BCUT2D eigenvalue weighted by molar-refractivity contribution is 5.32. The van der Waals surface area contributed by atoms with Crippen LogP contribution >= 0.6 is 0 Å². The Morgan fingerprint density at radius 3 is 2.03 bits per heavy atom. The zero-order valence-corrected chi connectivity index (χ0v) is 17.1. The molecule has 3 atom stereocenters. The van der Waals surface area contributed by atoms with Crippen LogP contribution in [0.25, 0.3) is 0 Å². The van der Waals surface area contributed by atoms with Crippen LogP contribution in [0.1, 0.15) is 38.9 Å². The molecule has 0 saturated heterocycles. The monoisotopic (exact) mass is 432 g/mol. The molecular formula is C19H32N2O9. The highest BCUT2D eigenvalue weighted by atomic mass is 16.6. The first-order valence-electron chi connectivity index (χ1n) is 9.39. The molecule has 172 valence electrons. The highest BCUT2D eigenvalue weighted by Gasteiger charge is 2.85. The molecular weight excluding hydrogens is 400 g/mol. The van der Waals surface area contributed by atoms with Crippen LogP contribution in [-0.2, 0) is 0 Å². The summed E-state index contributed by atoms with van der Waals surface area (Å²) in [5, 5.41) is 84.4. The Bertz CT molecular complexity index is 747. The summed E-state index contributed by atoms with van der Waals surface area (Å²) in [6.07, 6.45) is -0.619. The number of ether oxygens (including phenoxy) is 1. The normalized spacial score (nSPS) is 32.4. The predicted octanol–water partition coefficient (Wildman–Crippen LogP) is -3.02. The zero-order chi connectivity index (χ0) is 23.4. The first-order chi connectivity index (χ1) is 13.4. The predicted molar refractivity (Wildman–Crippen MR) is 103 cm³/mol. The summed E-state index contributed by atoms with van der Waals surface area (Å²) in [6, 6.07) is 5.95. The van der Waals surface area contributed by atoms with Gasteiger partial charge in [-0.05, 0) is 51.4 Å². The molecule has 12 N–H and O–H groups in total. The smallest absolute Gasteiger partial charge is 0.254 e. The SMILES string of the molecule is CC1(C)C(O)(O)C(C)(N)C(O)(COc2cccc(C(O)CCN)c2)C(O)(O)C1(O)O. The van der Waals surface area contributed by atoms with Crippen LogP contribution in [0, 0.1) is 5.41 Å². The number of aliphatic hydroxyl groups is 8. The molecule has 2 rings (SSSR count). The summed E-state index contributed by atoms with van der Waals surface area (Å²) in [4.78, 5) is 0. The standard InChI is InChI=1S/C19H32N2O9/c1-14(2)17(24,25)15(3,21)16(23,19(28,29)18(14,26)27)10-30-12-6-4-5-11(9-12)13(22)7-8-20/h4-6,9,13,22-29H,7-8,10,20-21H2,1-3H3. The Kier molecular flexibility index (Phi) is 6.09. The van der Waals surface area contributed by atoms with Gasteiger partial charge in [0.25, 0.3) is 5.79 Å². The largest absolute Gasteiger partial charge is 0.490 e. The van der Waals surface area contributed by atoms with E-state index in [9.17, 15) is 40.9 Å². The van der Waals surface area contributed by atoms with E-state index in [2.05, 4.69) is 0 Å². The maximum atomic E-state index is 11.1. The van der Waals surface area contributed by atoms with Gasteiger partial charge in [-0.2, -0.15) is 0 Å². The van der Waals surface area contributed by atoms with Crippen molar-refractivity contribution in [1.82, 2.24) is 0 Å². The van der Waals surface area contributed by atoms with Crippen LogP contribution in [0.2, 0.25) is 0 Å². The van der Waals surface area contributed by atoms with E-state index in [1.807, 2.05) is 0 Å². The molecule has 1 aromatic rings. The summed E-state index contributed by atoms with van der Waals surface area (Å²) in [5.74, 6) is -10.5. The Balaban J connectivity index is 2.46. The average molecular weight is 432 g/mol. The Hall–Kier alpha value is -1.38. The molecule has 0 spiro atoms. The Morgan fingerprint density at radius 1 is 0.933 bits per heavy atom. The van der Waals surface area contributed by atoms with Gasteiger partial charge in [-0.15, -0.1) is 0 Å². The second-order valence-electron chi connectivity index (χ2n) is 8.66. The van der Waals surface area contributed by atoms with E-state index in [-0.39, 0.29) is 18.7 Å². The van der Waals surface area contributed by atoms with Crippen molar-refractivity contribution in [2.75, 3.05) is 13.2 Å². The van der Waals surface area contributed by atoms with Gasteiger partial charge in [-0.1, -0.05) is 12.1 Å². The summed E-state index contributed by atoms with van der Waals surface area (Å²) < 4.78 is 5.41. The van der Waals surface area contributed by atoms with Crippen molar-refractivity contribution in [3.05, 3.63) is 29.8 Å². The molecule has 11 nitrogen and oxygen atoms in total. The first kappa shape index (κ1) is 24.9. The van der Waals surface area contributed by atoms with Crippen molar-refractivity contribution in [1.29, 1.82) is 0 Å². The van der Waals surface area contributed by atoms with Crippen LogP contribution in [-0.4, -0.2) is 82.5 Å². The molecule has 30 heavy (non-hydrogen) atoms. The Labute approximate surface area is 173 Å². The molecule has 0 amide bonds. The van der Waals surface area contributed by atoms with Gasteiger partial charge in [-0.25, -0.2) is 0 Å². The third-order valence-electron chi connectivity index (χ3n) is 6.52. The van der Waals surface area contributed by atoms with Gasteiger partial charge >= 0.3 is 0 Å². The van der Waals surface area contributed by atoms with Gasteiger partial charge in [0.05, 0.1) is 11.5 Å². The minimum absolute atomic E-state index is 0.0522. The van der Waals surface area contributed by atoms with E-state index in [0.717, 1.165) is 20.8 Å². The van der Waals surface area contributed by atoms with E-state index < -0.39 is 46.6 Å². The van der Waals surface area contributed by atoms with Crippen LogP contribution in [0.4, 0.5) is 0 Å². The van der Waals surface area contributed by atoms with E-state index in [0.29, 0.717) is 5.56 Å². The van der Waals surface area contributed by atoms with Crippen molar-refractivity contribution in [2.45, 2.75) is 61.8 Å². The van der Waals surface area contributed by atoms with Crippen molar-refractivity contribution in [3.63, 3.8) is 0 Å². The fourth-order valence-electron chi connectivity index (χ4n) is 3.84. The molecule has 0 heterocycles. The minimum Gasteiger partial charge on any atom is -0.490 e. The van der Waals surface area contributed by atoms with Crippen LogP contribution < -0.4 is 16.2 Å². The summed E-state index contributed by atoms with van der Waals surface area (Å²) in [5.41, 5.74) is 3.58. The van der Waals surface area contributed by atoms with Crippen LogP contribution in [0.15, 0.2) is 24.3 Å². The average Bonchev–Trinajstić information content (AvgIpc) is 2.64. The molecule has 1 aliphatic rings. The van der Waals surface area contributed by atoms with Gasteiger partial charge < -0.3 is 57.1 Å². The maximum absolute atomic E-state index is 11.1. The molecule has 1 saturated carbocycles. The fourth-order valence-corrected chi connectivity index (χ4v) is 3.84. The Morgan fingerprint density at radius 2 is 1.50 bits per heavy atom. The third kappa shape index (κ3) is 3.06. The lowest BCUT2D eigenvalue weighted by molar-refractivity contribution is -0.519. The molecule has 0 bridgehead atoms. The topological polar surface area (TPSA) is 223 Å². The van der Waals surface area contributed by atoms with Gasteiger partial charge in [0.15, 0.2) is 11.4 Å². The van der Waals surface area contributed by atoms with Gasteiger partial charge in [0.2, 0.25) is 5.79 Å². The van der Waals surface area contributed by atoms with Crippen LogP contribution in [0.3, 0.4) is 0 Å². The van der Waals surface area contributed by atoms with Crippen LogP contribution in [0.5, 0.6) is 5.75 Å². The lowest BCUT2D eigenvalue weighted by atomic mass is 9.51. The van der Waals surface area contributed by atoms with Gasteiger partial charge in [-0.3, -0.25) is 0 Å². The molecule has 0 aromatic heterocycles. The first-order valence-corrected chi connectivity index (χ1v) is 9.39. The number of hydrogen-bond acceptors (Lipinski definition) is 11. The van der Waals surface area contributed by atoms with E-state index >= 15 is 0 Å². The van der Waals surface area contributed by atoms with Gasteiger partial charge in [0, 0.05) is 0 Å². The zero-order valence-electron chi connectivity index (χ0n) is 17.1. The molecule has 1 aliphatic carbocycles. The maximum Gasteiger partial charge on any atom is 0.254 e. The lowest BCUT2D eigenvalue weighted by Crippen LogP contribution is -2.94. The van der Waals surface area contributed by atoms with Crippen molar-refractivity contribution >= 4 is 0 Å². The minimum atomic E-state index is -3.75. The molecule has 11 heteroatoms. The van der Waals surface area contributed by atoms with Gasteiger partial charge in [0.1, 0.15) is 17.9 Å². The molecule has 1 aromatic carbocycles. The number of aliphatic hydroxyl groups excluding tert-OH is 1. The van der Waals surface area contributed by atoms with Crippen molar-refractivity contribution in [3.8, 4) is 5.75 Å². The summed E-state index contributed by atoms with van der Waals surface area (Å²) >= 11 is 0. The molecule has 1 fully saturated rings. The fraction of sp³-hybridized carbons (Fsp3) is 0.684. The quantitative estimate of drug-likeness (QED) is 0.204. The second kappa shape index (κ2) is 7.35. The molecule has 0 aliphatic heterocycles. The number of nitrogens with two attached hydrogens (primary N) is 2. The summed E-state index contributed by atoms with van der Waals surface area (Å²) in [6.45, 7) is 1.93. The van der Waals surface area contributed by atoms with E-state index in [1.54, 1.807) is 6.07 Å². The number of rotatable bonds is 6. The van der Waals surface area contributed by atoms with E-state index in [1.165, 1.54) is 18.2 Å². The molecule has 3 unspecified atom stereocenters. The number of hydrogen-bond donors (Lipinski definition) is 10. The number of benzene rings is 1. The second-order valence-corrected chi connectivity index (χ2v) is 8.66. The lowest BCUT2D eigenvalue weighted by Gasteiger charge is -2.67. The summed E-state index contributed by atoms with van der Waals surface area (Å²) in [7, 11) is 0. The van der Waals surface area contributed by atoms with E-state index in [4.69, 9.17) is 16.2 Å². The van der Waals surface area contributed by atoms with Crippen molar-refractivity contribution < 1.29 is 45.6 Å². The molecule has 0 radical (unpaired) electrons. The third-order valence-corrected chi connectivity index (χ3v) is 6.52. The van der Waals surface area contributed by atoms with Crippen molar-refractivity contribution in [2.24, 2.45) is 16.9 Å². The highest BCUT2D eigenvalue weighted by Crippen LogP contribution is 2.58.